The van der Waals surface area contributed by atoms with Gasteiger partial charge in [-0.05, 0) is 85.3 Å². The van der Waals surface area contributed by atoms with E-state index in [1.54, 1.807) is 73.7 Å². The summed E-state index contributed by atoms with van der Waals surface area (Å²) in [5.41, 5.74) is 2.29. The highest BCUT2D eigenvalue weighted by Crippen LogP contribution is 2.14. The van der Waals surface area contributed by atoms with Crippen molar-refractivity contribution in [1.29, 1.82) is 0 Å². The van der Waals surface area contributed by atoms with Gasteiger partial charge in [-0.3, -0.25) is 9.59 Å². The van der Waals surface area contributed by atoms with E-state index in [0.29, 0.717) is 28.5 Å². The van der Waals surface area contributed by atoms with Crippen molar-refractivity contribution in [3.63, 3.8) is 0 Å². The Morgan fingerprint density at radius 3 is 2.40 bits per heavy atom. The number of ether oxygens (including phenoxy) is 1. The van der Waals surface area contributed by atoms with Crippen LogP contribution >= 0.6 is 0 Å². The van der Waals surface area contributed by atoms with Crippen LogP contribution in [-0.2, 0) is 4.79 Å². The monoisotopic (exact) mass is 404 g/mol. The molecule has 0 fully saturated rings. The molecule has 30 heavy (non-hydrogen) atoms. The molecular weight excluding hydrogens is 384 g/mol. The van der Waals surface area contributed by atoms with Gasteiger partial charge < -0.3 is 19.7 Å². The molecule has 0 radical (unpaired) electrons. The van der Waals surface area contributed by atoms with Crippen LogP contribution < -0.4 is 10.1 Å². The standard InChI is InChI=1S/C23H20N2O5/c1-16(25-28)17-6-10-21(11-7-17)30-15-23(27)24-19-8-4-18(5-9-19)22(26)13-12-20-3-2-14-29-20/h2-14,28H,15H2,1H3,(H,24,27)/b13-12+,25-16-. The number of benzene rings is 2. The Kier molecular flexibility index (Phi) is 6.78. The molecule has 1 amide bonds. The Morgan fingerprint density at radius 2 is 1.77 bits per heavy atom. The number of oxime groups is 1. The molecule has 2 N–H and O–H groups in total. The van der Waals surface area contributed by atoms with Gasteiger partial charge in [-0.25, -0.2) is 0 Å². The van der Waals surface area contributed by atoms with Crippen LogP contribution in [0.25, 0.3) is 6.08 Å². The first-order valence-corrected chi connectivity index (χ1v) is 9.13. The minimum Gasteiger partial charge on any atom is -0.484 e. The third-order valence-electron chi connectivity index (χ3n) is 4.19. The summed E-state index contributed by atoms with van der Waals surface area (Å²) in [4.78, 5) is 24.2. The lowest BCUT2D eigenvalue weighted by atomic mass is 10.1. The highest BCUT2D eigenvalue weighted by molar-refractivity contribution is 6.07. The van der Waals surface area contributed by atoms with Crippen LogP contribution in [0.2, 0.25) is 0 Å². The van der Waals surface area contributed by atoms with Crippen LogP contribution in [-0.4, -0.2) is 29.2 Å². The third kappa shape index (κ3) is 5.68. The second-order valence-electron chi connectivity index (χ2n) is 6.34. The van der Waals surface area contributed by atoms with Gasteiger partial charge in [0.15, 0.2) is 12.4 Å². The minimum absolute atomic E-state index is 0.168. The van der Waals surface area contributed by atoms with Crippen molar-refractivity contribution in [2.45, 2.75) is 6.92 Å². The molecule has 2 aromatic carbocycles. The number of allylic oxidation sites excluding steroid dienone is 1. The summed E-state index contributed by atoms with van der Waals surface area (Å²) in [5, 5.41) is 14.6. The fourth-order valence-corrected chi connectivity index (χ4v) is 2.55. The molecule has 7 heteroatoms. The van der Waals surface area contributed by atoms with Crippen LogP contribution in [0.3, 0.4) is 0 Å². The molecule has 0 atom stereocenters. The molecule has 7 nitrogen and oxygen atoms in total. The fraction of sp³-hybridized carbons (Fsp3) is 0.0870. The SMILES string of the molecule is C/C(=N/O)c1ccc(OCC(=O)Nc2ccc(C(=O)/C=C/c3ccco3)cc2)cc1. The smallest absolute Gasteiger partial charge is 0.262 e. The lowest BCUT2D eigenvalue weighted by molar-refractivity contribution is -0.118. The van der Waals surface area contributed by atoms with Gasteiger partial charge in [0.1, 0.15) is 11.5 Å². The molecule has 0 spiro atoms. The van der Waals surface area contributed by atoms with Gasteiger partial charge in [0.25, 0.3) is 5.91 Å². The Hall–Kier alpha value is -4.13. The molecule has 0 unspecified atom stereocenters. The summed E-state index contributed by atoms with van der Waals surface area (Å²) in [6, 6.07) is 16.9. The largest absolute Gasteiger partial charge is 0.484 e. The zero-order valence-corrected chi connectivity index (χ0v) is 16.2. The first-order valence-electron chi connectivity index (χ1n) is 9.13. The highest BCUT2D eigenvalue weighted by Gasteiger charge is 2.07. The molecule has 3 aromatic rings. The molecule has 0 saturated heterocycles. The van der Waals surface area contributed by atoms with Crippen LogP contribution in [0.15, 0.2) is 82.6 Å². The third-order valence-corrected chi connectivity index (χ3v) is 4.19. The molecule has 0 bridgehead atoms. The maximum absolute atomic E-state index is 12.2. The Bertz CT molecular complexity index is 1050. The number of nitrogens with zero attached hydrogens (tertiary/aromatic N) is 1. The molecule has 0 aliphatic rings. The van der Waals surface area contributed by atoms with E-state index in [2.05, 4.69) is 10.5 Å². The quantitative estimate of drug-likeness (QED) is 0.191. The fourth-order valence-electron chi connectivity index (χ4n) is 2.55. The van der Waals surface area contributed by atoms with Crippen molar-refractivity contribution >= 4 is 29.2 Å². The van der Waals surface area contributed by atoms with E-state index in [9.17, 15) is 9.59 Å². The molecular formula is C23H20N2O5. The van der Waals surface area contributed by atoms with Crippen molar-refractivity contribution in [3.8, 4) is 5.75 Å². The van der Waals surface area contributed by atoms with Crippen molar-refractivity contribution in [2.24, 2.45) is 5.16 Å². The van der Waals surface area contributed by atoms with Crippen LogP contribution in [0.1, 0.15) is 28.6 Å². The molecule has 0 saturated carbocycles. The summed E-state index contributed by atoms with van der Waals surface area (Å²) in [6.45, 7) is 1.51. The summed E-state index contributed by atoms with van der Waals surface area (Å²) >= 11 is 0. The van der Waals surface area contributed by atoms with Gasteiger partial charge in [-0.2, -0.15) is 0 Å². The van der Waals surface area contributed by atoms with E-state index in [4.69, 9.17) is 14.4 Å². The van der Waals surface area contributed by atoms with Crippen LogP contribution in [0, 0.1) is 0 Å². The molecule has 0 aliphatic heterocycles. The van der Waals surface area contributed by atoms with Gasteiger partial charge in [-0.1, -0.05) is 5.16 Å². The average molecular weight is 404 g/mol. The zero-order valence-electron chi connectivity index (χ0n) is 16.2. The second-order valence-corrected chi connectivity index (χ2v) is 6.34. The van der Waals surface area contributed by atoms with E-state index in [1.165, 1.54) is 12.3 Å². The number of hydrogen-bond acceptors (Lipinski definition) is 6. The number of nitrogens with one attached hydrogen (secondary N) is 1. The minimum atomic E-state index is -0.330. The Morgan fingerprint density at radius 1 is 1.07 bits per heavy atom. The maximum atomic E-state index is 12.2. The summed E-state index contributed by atoms with van der Waals surface area (Å²) in [5.74, 6) is 0.615. The lowest BCUT2D eigenvalue weighted by Gasteiger charge is -2.08. The molecule has 1 heterocycles. The van der Waals surface area contributed by atoms with Crippen molar-refractivity contribution < 1.29 is 24.0 Å². The van der Waals surface area contributed by atoms with Gasteiger partial charge in [0, 0.05) is 11.3 Å². The first kappa shape index (κ1) is 20.6. The van der Waals surface area contributed by atoms with E-state index in [-0.39, 0.29) is 18.3 Å². The predicted octanol–water partition coefficient (Wildman–Crippen LogP) is 4.39. The summed E-state index contributed by atoms with van der Waals surface area (Å²) in [7, 11) is 0. The average Bonchev–Trinajstić information content (AvgIpc) is 3.30. The number of amides is 1. The number of anilines is 1. The number of furan rings is 1. The summed E-state index contributed by atoms with van der Waals surface area (Å²) < 4.78 is 10.6. The number of hydrogen-bond donors (Lipinski definition) is 2. The van der Waals surface area contributed by atoms with Gasteiger partial charge >= 0.3 is 0 Å². The Labute approximate surface area is 173 Å². The first-order chi connectivity index (χ1) is 14.5. The van der Waals surface area contributed by atoms with Gasteiger partial charge in [0.05, 0.1) is 12.0 Å². The normalized spacial score (nSPS) is 11.4. The number of carbonyl (C=O) groups excluding carboxylic acids is 2. The zero-order chi connectivity index (χ0) is 21.3. The van der Waals surface area contributed by atoms with Crippen molar-refractivity contribution in [3.05, 3.63) is 89.9 Å². The number of rotatable bonds is 8. The van der Waals surface area contributed by atoms with E-state index >= 15 is 0 Å². The highest BCUT2D eigenvalue weighted by atomic mass is 16.5. The van der Waals surface area contributed by atoms with Crippen LogP contribution in [0.4, 0.5) is 5.69 Å². The van der Waals surface area contributed by atoms with Crippen LogP contribution in [0.5, 0.6) is 5.75 Å². The Balaban J connectivity index is 1.50. The predicted molar refractivity (Wildman–Crippen MR) is 113 cm³/mol. The van der Waals surface area contributed by atoms with Crippen molar-refractivity contribution in [2.75, 3.05) is 11.9 Å². The molecule has 1 aromatic heterocycles. The summed E-state index contributed by atoms with van der Waals surface area (Å²) in [6.07, 6.45) is 4.56. The maximum Gasteiger partial charge on any atom is 0.262 e. The van der Waals surface area contributed by atoms with Crippen molar-refractivity contribution in [1.82, 2.24) is 0 Å². The lowest BCUT2D eigenvalue weighted by Crippen LogP contribution is -2.20. The van der Waals surface area contributed by atoms with E-state index in [0.717, 1.165) is 5.56 Å². The number of carbonyl (C=O) groups is 2. The molecule has 152 valence electrons. The van der Waals surface area contributed by atoms with E-state index in [1.807, 2.05) is 0 Å². The second kappa shape index (κ2) is 9.88. The van der Waals surface area contributed by atoms with Gasteiger partial charge in [0.2, 0.25) is 0 Å². The van der Waals surface area contributed by atoms with Gasteiger partial charge in [-0.15, -0.1) is 0 Å². The van der Waals surface area contributed by atoms with E-state index < -0.39 is 0 Å². The topological polar surface area (TPSA) is 101 Å². The molecule has 3 rings (SSSR count). The number of ketones is 1. The molecule has 0 aliphatic carbocycles.